The van der Waals surface area contributed by atoms with Gasteiger partial charge in [-0.1, -0.05) is 11.6 Å². The van der Waals surface area contributed by atoms with Crippen molar-refractivity contribution < 1.29 is 0 Å². The van der Waals surface area contributed by atoms with Gasteiger partial charge in [0.05, 0.1) is 0 Å². The Bertz CT molecular complexity index is 271. The van der Waals surface area contributed by atoms with Crippen LogP contribution in [0.1, 0.15) is 19.8 Å². The van der Waals surface area contributed by atoms with Crippen molar-refractivity contribution in [3.63, 3.8) is 0 Å². The maximum absolute atomic E-state index is 5.88. The third-order valence-electron chi connectivity index (χ3n) is 1.58. The standard InChI is InChI=1S/C9H11ClN2/c1-3-4-5-8-6-7(2)11-12-9(8)10/h1,6,11-12H,4-5H2,2H3. The van der Waals surface area contributed by atoms with E-state index in [0.29, 0.717) is 5.16 Å². The van der Waals surface area contributed by atoms with Gasteiger partial charge >= 0.3 is 0 Å². The van der Waals surface area contributed by atoms with Crippen LogP contribution in [0.4, 0.5) is 0 Å². The molecular formula is C9H11ClN2. The van der Waals surface area contributed by atoms with Crippen LogP contribution in [-0.4, -0.2) is 0 Å². The van der Waals surface area contributed by atoms with E-state index in [1.54, 1.807) is 0 Å². The lowest BCUT2D eigenvalue weighted by Gasteiger charge is -2.17. The Kier molecular flexibility index (Phi) is 3.07. The van der Waals surface area contributed by atoms with Crippen molar-refractivity contribution in [2.45, 2.75) is 19.8 Å². The first kappa shape index (κ1) is 9.02. The monoisotopic (exact) mass is 182 g/mol. The smallest absolute Gasteiger partial charge is 0.124 e. The zero-order valence-electron chi connectivity index (χ0n) is 6.95. The van der Waals surface area contributed by atoms with E-state index in [2.05, 4.69) is 16.8 Å². The van der Waals surface area contributed by atoms with Crippen molar-refractivity contribution in [3.8, 4) is 12.3 Å². The Balaban J connectivity index is 2.66. The lowest BCUT2D eigenvalue weighted by atomic mass is 10.1. The van der Waals surface area contributed by atoms with Gasteiger partial charge in [-0.2, -0.15) is 0 Å². The van der Waals surface area contributed by atoms with Crippen LogP contribution >= 0.6 is 11.6 Å². The highest BCUT2D eigenvalue weighted by atomic mass is 35.5. The summed E-state index contributed by atoms with van der Waals surface area (Å²) in [6, 6.07) is 0. The Morgan fingerprint density at radius 3 is 3.00 bits per heavy atom. The molecule has 0 radical (unpaired) electrons. The number of terminal acetylenes is 1. The second-order valence-corrected chi connectivity index (χ2v) is 3.00. The van der Waals surface area contributed by atoms with Gasteiger partial charge in [0.2, 0.25) is 0 Å². The number of halogens is 1. The summed E-state index contributed by atoms with van der Waals surface area (Å²) in [4.78, 5) is 0. The molecule has 1 rings (SSSR count). The van der Waals surface area contributed by atoms with Gasteiger partial charge in [0.25, 0.3) is 0 Å². The highest BCUT2D eigenvalue weighted by molar-refractivity contribution is 6.29. The van der Waals surface area contributed by atoms with Crippen LogP contribution in [0.5, 0.6) is 0 Å². The summed E-state index contributed by atoms with van der Waals surface area (Å²) in [5, 5.41) is 0.635. The minimum atomic E-state index is 0.635. The lowest BCUT2D eigenvalue weighted by Crippen LogP contribution is -2.31. The fourth-order valence-corrected chi connectivity index (χ4v) is 1.18. The molecule has 2 nitrogen and oxygen atoms in total. The molecule has 0 aliphatic carbocycles. The number of hydrazine groups is 1. The molecule has 3 heteroatoms. The Morgan fingerprint density at radius 2 is 2.33 bits per heavy atom. The molecule has 0 aromatic rings. The second-order valence-electron chi connectivity index (χ2n) is 2.62. The molecule has 0 saturated heterocycles. The molecular weight excluding hydrogens is 172 g/mol. The van der Waals surface area contributed by atoms with Gasteiger partial charge in [-0.05, 0) is 25.0 Å². The van der Waals surface area contributed by atoms with Gasteiger partial charge in [-0.3, -0.25) is 5.43 Å². The minimum absolute atomic E-state index is 0.635. The number of hydrogen-bond acceptors (Lipinski definition) is 2. The molecule has 0 fully saturated rings. The van der Waals surface area contributed by atoms with Crippen LogP contribution in [0.2, 0.25) is 0 Å². The SMILES string of the molecule is C#CCCC1=C(Cl)NNC(C)=C1. The zero-order chi connectivity index (χ0) is 8.97. The first-order valence-corrected chi connectivity index (χ1v) is 4.14. The number of allylic oxidation sites excluding steroid dienone is 3. The first-order chi connectivity index (χ1) is 5.74. The van der Waals surface area contributed by atoms with E-state index in [1.165, 1.54) is 0 Å². The van der Waals surface area contributed by atoms with Crippen LogP contribution < -0.4 is 10.9 Å². The average Bonchev–Trinajstić information content (AvgIpc) is 2.07. The molecule has 12 heavy (non-hydrogen) atoms. The van der Waals surface area contributed by atoms with Gasteiger partial charge < -0.3 is 5.43 Å². The van der Waals surface area contributed by atoms with Gasteiger partial charge in [0.15, 0.2) is 0 Å². The fourth-order valence-electron chi connectivity index (χ4n) is 0.983. The molecule has 1 aliphatic heterocycles. The summed E-state index contributed by atoms with van der Waals surface area (Å²) in [7, 11) is 0. The molecule has 0 saturated carbocycles. The zero-order valence-corrected chi connectivity index (χ0v) is 7.70. The topological polar surface area (TPSA) is 24.1 Å². The molecule has 64 valence electrons. The van der Waals surface area contributed by atoms with E-state index >= 15 is 0 Å². The molecule has 0 atom stereocenters. The van der Waals surface area contributed by atoms with Crippen molar-refractivity contribution in [1.82, 2.24) is 10.9 Å². The quantitative estimate of drug-likeness (QED) is 0.503. The normalized spacial score (nSPS) is 15.9. The molecule has 1 heterocycles. The number of hydrogen-bond donors (Lipinski definition) is 2. The van der Waals surface area contributed by atoms with E-state index in [0.717, 1.165) is 24.1 Å². The van der Waals surface area contributed by atoms with Crippen LogP contribution in [0.15, 0.2) is 22.5 Å². The van der Waals surface area contributed by atoms with Crippen molar-refractivity contribution in [1.29, 1.82) is 0 Å². The summed E-state index contributed by atoms with van der Waals surface area (Å²) >= 11 is 5.88. The average molecular weight is 183 g/mol. The van der Waals surface area contributed by atoms with Gasteiger partial charge in [-0.15, -0.1) is 12.3 Å². The molecule has 0 spiro atoms. The van der Waals surface area contributed by atoms with E-state index in [1.807, 2.05) is 13.0 Å². The summed E-state index contributed by atoms with van der Waals surface area (Å²) in [6.45, 7) is 1.96. The summed E-state index contributed by atoms with van der Waals surface area (Å²) < 4.78 is 0. The lowest BCUT2D eigenvalue weighted by molar-refractivity contribution is 0.690. The Hall–Kier alpha value is -1.07. The predicted molar refractivity (Wildman–Crippen MR) is 51.0 cm³/mol. The molecule has 0 bridgehead atoms. The first-order valence-electron chi connectivity index (χ1n) is 3.76. The van der Waals surface area contributed by atoms with Crippen LogP contribution in [0.3, 0.4) is 0 Å². The molecule has 0 aromatic carbocycles. The molecule has 2 N–H and O–H groups in total. The fraction of sp³-hybridized carbons (Fsp3) is 0.333. The summed E-state index contributed by atoms with van der Waals surface area (Å²) in [6.07, 6.45) is 8.69. The van der Waals surface area contributed by atoms with Crippen molar-refractivity contribution >= 4 is 11.6 Å². The molecule has 0 unspecified atom stereocenters. The number of nitrogens with one attached hydrogen (secondary N) is 2. The van der Waals surface area contributed by atoms with Crippen molar-refractivity contribution in [2.75, 3.05) is 0 Å². The largest absolute Gasteiger partial charge is 0.305 e. The van der Waals surface area contributed by atoms with Crippen molar-refractivity contribution in [2.24, 2.45) is 0 Å². The van der Waals surface area contributed by atoms with E-state index < -0.39 is 0 Å². The van der Waals surface area contributed by atoms with Gasteiger partial charge in [0, 0.05) is 12.1 Å². The third kappa shape index (κ3) is 2.21. The maximum atomic E-state index is 5.88. The highest BCUT2D eigenvalue weighted by Crippen LogP contribution is 2.17. The number of rotatable bonds is 2. The molecule has 0 aromatic heterocycles. The maximum Gasteiger partial charge on any atom is 0.124 e. The Morgan fingerprint density at radius 1 is 1.58 bits per heavy atom. The van der Waals surface area contributed by atoms with Gasteiger partial charge in [-0.25, -0.2) is 0 Å². The summed E-state index contributed by atoms with van der Waals surface area (Å²) in [5.41, 5.74) is 7.87. The predicted octanol–water partition coefficient (Wildman–Crippen LogP) is 1.86. The van der Waals surface area contributed by atoms with E-state index in [9.17, 15) is 0 Å². The van der Waals surface area contributed by atoms with Crippen LogP contribution in [0.25, 0.3) is 0 Å². The molecule has 1 aliphatic rings. The van der Waals surface area contributed by atoms with Gasteiger partial charge in [0.1, 0.15) is 5.16 Å². The highest BCUT2D eigenvalue weighted by Gasteiger charge is 2.06. The second kappa shape index (κ2) is 4.08. The van der Waals surface area contributed by atoms with Crippen molar-refractivity contribution in [3.05, 3.63) is 22.5 Å². The third-order valence-corrected chi connectivity index (χ3v) is 1.92. The van der Waals surface area contributed by atoms with Crippen LogP contribution in [0, 0.1) is 12.3 Å². The summed E-state index contributed by atoms with van der Waals surface area (Å²) in [5.74, 6) is 2.58. The minimum Gasteiger partial charge on any atom is -0.305 e. The van der Waals surface area contributed by atoms with Crippen LogP contribution in [-0.2, 0) is 0 Å². The van der Waals surface area contributed by atoms with E-state index in [4.69, 9.17) is 18.0 Å². The Labute approximate surface area is 77.6 Å². The van der Waals surface area contributed by atoms with E-state index in [-0.39, 0.29) is 0 Å². The molecule has 0 amide bonds.